The molecule has 0 spiro atoms. The van der Waals surface area contributed by atoms with Gasteiger partial charge in [0, 0.05) is 27.9 Å². The van der Waals surface area contributed by atoms with Crippen LogP contribution in [0.1, 0.15) is 73.5 Å². The zero-order chi connectivity index (χ0) is 40.1. The fourth-order valence-corrected chi connectivity index (χ4v) is 6.90. The van der Waals surface area contributed by atoms with Gasteiger partial charge in [0.25, 0.3) is 5.91 Å². The molecule has 6 rings (SSSR count). The number of rotatable bonds is 21. The lowest BCUT2D eigenvalue weighted by Gasteiger charge is -2.28. The van der Waals surface area contributed by atoms with Gasteiger partial charge in [-0.05, 0) is 79.1 Å². The molecule has 1 aliphatic heterocycles. The number of anilines is 1. The van der Waals surface area contributed by atoms with E-state index in [1.54, 1.807) is 47.7 Å². The SMILES string of the molecule is COc1cc(C2NC(=O)c3cc(Cl)ccc3N2)ccc1OCCCCCCCCCCOc1cc(-c2cc(-c3cc(OC)c(OC)c(OC)c3)no2)ccc1OC. The zero-order valence-electron chi connectivity index (χ0n) is 33.1. The van der Waals surface area contributed by atoms with Gasteiger partial charge < -0.3 is 48.3 Å². The average molecular weight is 800 g/mol. The number of hydrogen-bond acceptors (Lipinski definition) is 11. The number of aromatic nitrogens is 1. The maximum atomic E-state index is 12.7. The molecule has 2 heterocycles. The zero-order valence-corrected chi connectivity index (χ0v) is 33.8. The van der Waals surface area contributed by atoms with E-state index < -0.39 is 6.17 Å². The number of nitrogens with zero attached hydrogens (tertiary/aromatic N) is 1. The Balaban J connectivity index is 0.879. The standard InChI is InChI=1S/C44H50ClN3O9/c1-50-35-18-14-28(37-27-34(48-57-37)30-24-40(52-3)42(54-5)41(25-30)53-4)22-39(35)56-21-13-11-9-7-6-8-10-12-20-55-36-19-15-29(23-38(36)51-2)43-46-33-17-16-31(45)26-32(33)44(49)47-43/h14-19,22-27,43,46H,6-13,20-21H2,1-5H3,(H,47,49). The third-order valence-corrected chi connectivity index (χ3v) is 10.0. The van der Waals surface area contributed by atoms with Crippen molar-refractivity contribution >= 4 is 23.2 Å². The second kappa shape index (κ2) is 19.9. The molecule has 1 atom stereocenters. The number of ether oxygens (including phenoxy) is 7. The molecule has 5 aromatic rings. The van der Waals surface area contributed by atoms with Gasteiger partial charge in [-0.15, -0.1) is 0 Å². The Kier molecular flexibility index (Phi) is 14.3. The Morgan fingerprint density at radius 3 is 1.86 bits per heavy atom. The van der Waals surface area contributed by atoms with E-state index in [1.807, 2.05) is 60.7 Å². The fourth-order valence-electron chi connectivity index (χ4n) is 6.73. The Hall–Kier alpha value is -5.75. The molecule has 12 nitrogen and oxygen atoms in total. The number of unbranched alkanes of at least 4 members (excludes halogenated alkanes) is 7. The number of hydrogen-bond donors (Lipinski definition) is 2. The topological polar surface area (TPSA) is 132 Å². The number of methoxy groups -OCH3 is 5. The smallest absolute Gasteiger partial charge is 0.255 e. The van der Waals surface area contributed by atoms with Crippen molar-refractivity contribution < 1.29 is 42.5 Å². The quantitative estimate of drug-likeness (QED) is 0.0688. The van der Waals surface area contributed by atoms with Crippen molar-refractivity contribution in [3.05, 3.63) is 88.9 Å². The highest BCUT2D eigenvalue weighted by Gasteiger charge is 2.26. The minimum atomic E-state index is -0.396. The van der Waals surface area contributed by atoms with E-state index in [1.165, 1.54) is 12.8 Å². The molecule has 1 aromatic heterocycles. The Bertz CT molecular complexity index is 2100. The highest BCUT2D eigenvalue weighted by molar-refractivity contribution is 6.31. The van der Waals surface area contributed by atoms with E-state index in [2.05, 4.69) is 15.8 Å². The molecule has 0 aliphatic carbocycles. The molecule has 302 valence electrons. The largest absolute Gasteiger partial charge is 0.493 e. The highest BCUT2D eigenvalue weighted by atomic mass is 35.5. The normalized spacial score (nSPS) is 13.2. The summed E-state index contributed by atoms with van der Waals surface area (Å²) in [6, 6.07) is 22.2. The van der Waals surface area contributed by atoms with Crippen LogP contribution < -0.4 is 43.8 Å². The third kappa shape index (κ3) is 10.2. The van der Waals surface area contributed by atoms with Gasteiger partial charge in [-0.1, -0.05) is 61.3 Å². The molecule has 1 unspecified atom stereocenters. The lowest BCUT2D eigenvalue weighted by Crippen LogP contribution is -2.38. The molecule has 57 heavy (non-hydrogen) atoms. The van der Waals surface area contributed by atoms with Gasteiger partial charge >= 0.3 is 0 Å². The fraction of sp³-hybridized carbons (Fsp3) is 0.364. The van der Waals surface area contributed by atoms with Crippen LogP contribution in [0.3, 0.4) is 0 Å². The van der Waals surface area contributed by atoms with Crippen LogP contribution in [0.2, 0.25) is 5.02 Å². The van der Waals surface area contributed by atoms with Gasteiger partial charge in [0.1, 0.15) is 11.9 Å². The van der Waals surface area contributed by atoms with Crippen LogP contribution in [0, 0.1) is 0 Å². The maximum Gasteiger partial charge on any atom is 0.255 e. The lowest BCUT2D eigenvalue weighted by molar-refractivity contribution is 0.0935. The van der Waals surface area contributed by atoms with Gasteiger partial charge in [0.05, 0.1) is 54.3 Å². The number of benzene rings is 4. The van der Waals surface area contributed by atoms with Crippen LogP contribution in [0.5, 0.6) is 40.2 Å². The first-order valence-electron chi connectivity index (χ1n) is 19.1. The second-order valence-electron chi connectivity index (χ2n) is 13.5. The molecule has 0 fully saturated rings. The van der Waals surface area contributed by atoms with Gasteiger partial charge in [-0.2, -0.15) is 0 Å². The van der Waals surface area contributed by atoms with Crippen LogP contribution in [0.25, 0.3) is 22.6 Å². The van der Waals surface area contributed by atoms with E-state index in [-0.39, 0.29) is 5.91 Å². The Morgan fingerprint density at radius 1 is 0.596 bits per heavy atom. The Labute approximate surface area is 338 Å². The summed E-state index contributed by atoms with van der Waals surface area (Å²) in [5.74, 6) is 4.61. The van der Waals surface area contributed by atoms with Crippen molar-refractivity contribution in [3.8, 4) is 62.8 Å². The molecule has 0 saturated heterocycles. The summed E-state index contributed by atoms with van der Waals surface area (Å²) < 4.78 is 45.6. The van der Waals surface area contributed by atoms with E-state index >= 15 is 0 Å². The molecular weight excluding hydrogens is 750 g/mol. The van der Waals surface area contributed by atoms with E-state index in [9.17, 15) is 4.79 Å². The number of amides is 1. The second-order valence-corrected chi connectivity index (χ2v) is 14.0. The van der Waals surface area contributed by atoms with E-state index in [0.717, 1.165) is 60.9 Å². The predicted molar refractivity (Wildman–Crippen MR) is 220 cm³/mol. The molecule has 0 bridgehead atoms. The number of nitrogens with one attached hydrogen (secondary N) is 2. The van der Waals surface area contributed by atoms with Crippen LogP contribution in [-0.4, -0.2) is 59.8 Å². The lowest BCUT2D eigenvalue weighted by atomic mass is 10.1. The number of carbonyl (C=O) groups excluding carboxylic acids is 1. The first-order chi connectivity index (χ1) is 27.8. The third-order valence-electron chi connectivity index (χ3n) is 9.80. The van der Waals surface area contributed by atoms with Gasteiger partial charge in [0.15, 0.2) is 40.3 Å². The summed E-state index contributed by atoms with van der Waals surface area (Å²) in [6.45, 7) is 1.19. The molecular formula is C44H50ClN3O9. The molecule has 1 aliphatic rings. The number of fused-ring (bicyclic) bond motifs is 1. The van der Waals surface area contributed by atoms with Crippen LogP contribution in [0.4, 0.5) is 5.69 Å². The van der Waals surface area contributed by atoms with Gasteiger partial charge in [0.2, 0.25) is 5.75 Å². The number of carbonyl (C=O) groups is 1. The average Bonchev–Trinajstić information content (AvgIpc) is 3.74. The molecule has 0 saturated carbocycles. The summed E-state index contributed by atoms with van der Waals surface area (Å²) >= 11 is 6.07. The molecule has 0 radical (unpaired) electrons. The van der Waals surface area contributed by atoms with Crippen molar-refractivity contribution in [2.45, 2.75) is 57.5 Å². The number of halogens is 1. The Morgan fingerprint density at radius 2 is 1.21 bits per heavy atom. The molecule has 1 amide bonds. The maximum absolute atomic E-state index is 12.7. The molecule has 2 N–H and O–H groups in total. The van der Waals surface area contributed by atoms with Crippen molar-refractivity contribution in [2.75, 3.05) is 54.1 Å². The van der Waals surface area contributed by atoms with Crippen LogP contribution in [0.15, 0.2) is 77.3 Å². The first kappa shape index (κ1) is 40.9. The van der Waals surface area contributed by atoms with E-state index in [4.69, 9.17) is 49.3 Å². The first-order valence-corrected chi connectivity index (χ1v) is 19.5. The summed E-state index contributed by atoms with van der Waals surface area (Å²) in [4.78, 5) is 12.7. The summed E-state index contributed by atoms with van der Waals surface area (Å²) in [5.41, 5.74) is 4.33. The van der Waals surface area contributed by atoms with Crippen molar-refractivity contribution in [2.24, 2.45) is 0 Å². The minimum absolute atomic E-state index is 0.182. The molecule has 13 heteroatoms. The van der Waals surface area contributed by atoms with Gasteiger partial charge in [-0.25, -0.2) is 0 Å². The summed E-state index contributed by atoms with van der Waals surface area (Å²) in [7, 11) is 7.97. The van der Waals surface area contributed by atoms with Crippen molar-refractivity contribution in [1.82, 2.24) is 10.5 Å². The summed E-state index contributed by atoms with van der Waals surface area (Å²) in [6.07, 6.45) is 8.35. The highest BCUT2D eigenvalue weighted by Crippen LogP contribution is 2.42. The van der Waals surface area contributed by atoms with Crippen molar-refractivity contribution in [1.29, 1.82) is 0 Å². The minimum Gasteiger partial charge on any atom is -0.493 e. The van der Waals surface area contributed by atoms with Crippen LogP contribution in [-0.2, 0) is 0 Å². The van der Waals surface area contributed by atoms with Gasteiger partial charge in [-0.3, -0.25) is 4.79 Å². The van der Waals surface area contributed by atoms with Crippen molar-refractivity contribution in [3.63, 3.8) is 0 Å². The van der Waals surface area contributed by atoms with E-state index in [0.29, 0.717) is 75.5 Å². The monoisotopic (exact) mass is 799 g/mol. The predicted octanol–water partition coefficient (Wildman–Crippen LogP) is 10.1. The van der Waals surface area contributed by atoms with Crippen LogP contribution >= 0.6 is 11.6 Å². The summed E-state index contributed by atoms with van der Waals surface area (Å²) in [5, 5.41) is 11.1. The molecule has 4 aromatic carbocycles.